The van der Waals surface area contributed by atoms with Gasteiger partial charge in [0.1, 0.15) is 0 Å². The lowest BCUT2D eigenvalue weighted by molar-refractivity contribution is -0.135. The van der Waals surface area contributed by atoms with E-state index >= 15 is 0 Å². The van der Waals surface area contributed by atoms with Crippen LogP contribution in [0.1, 0.15) is 50.4 Å². The smallest absolute Gasteiger partial charge is 0.340 e. The van der Waals surface area contributed by atoms with Gasteiger partial charge in [-0.25, -0.2) is 4.79 Å². The number of carbonyl (C=O) groups excluding carboxylic acids is 2. The van der Waals surface area contributed by atoms with Crippen LogP contribution in [0, 0.1) is 10.8 Å². The fourth-order valence-corrected chi connectivity index (χ4v) is 5.18. The van der Waals surface area contributed by atoms with E-state index in [1.165, 1.54) is 12.1 Å². The Labute approximate surface area is 158 Å². The number of rotatable bonds is 3. The van der Waals surface area contributed by atoms with Crippen LogP contribution in [0.5, 0.6) is 0 Å². The van der Waals surface area contributed by atoms with Gasteiger partial charge in [-0.2, -0.15) is 0 Å². The van der Waals surface area contributed by atoms with Crippen LogP contribution in [0.3, 0.4) is 0 Å². The molecule has 1 aromatic rings. The minimum Gasteiger partial charge on any atom is -0.452 e. The largest absolute Gasteiger partial charge is 0.452 e. The Morgan fingerprint density at radius 3 is 2.64 bits per heavy atom. The lowest BCUT2D eigenvalue weighted by Crippen LogP contribution is -2.39. The molecule has 3 rings (SSSR count). The van der Waals surface area contributed by atoms with Gasteiger partial charge >= 0.3 is 5.97 Å². The first-order chi connectivity index (χ1) is 11.6. The third-order valence-corrected chi connectivity index (χ3v) is 5.76. The van der Waals surface area contributed by atoms with Crippen molar-refractivity contribution >= 4 is 35.1 Å². The van der Waals surface area contributed by atoms with Gasteiger partial charge in [0.05, 0.1) is 10.6 Å². The summed E-state index contributed by atoms with van der Waals surface area (Å²) in [4.78, 5) is 26.7. The highest BCUT2D eigenvalue weighted by atomic mass is 35.5. The molecule has 4 nitrogen and oxygen atoms in total. The third-order valence-electron chi connectivity index (χ3n) is 5.21. The molecule has 0 N–H and O–H groups in total. The van der Waals surface area contributed by atoms with E-state index in [0.29, 0.717) is 5.02 Å². The molecule has 2 bridgehead atoms. The number of nitrogens with zero attached hydrogens (tertiary/aromatic N) is 1. The molecule has 1 saturated heterocycles. The SMILES string of the molecule is CC1(C)C[C@H]2C[C@](C)(CN2C(=O)COC(=O)c2ccc(Cl)cc2Cl)C1. The molecule has 1 aliphatic heterocycles. The predicted octanol–water partition coefficient (Wildman–Crippen LogP) is 4.58. The normalized spacial score (nSPS) is 27.2. The van der Waals surface area contributed by atoms with Crippen LogP contribution in [0.15, 0.2) is 18.2 Å². The van der Waals surface area contributed by atoms with Crippen molar-refractivity contribution in [3.05, 3.63) is 33.8 Å². The average Bonchev–Trinajstić information content (AvgIpc) is 2.73. The number of fused-ring (bicyclic) bond motifs is 2. The van der Waals surface area contributed by atoms with Gasteiger partial charge in [0.2, 0.25) is 0 Å². The van der Waals surface area contributed by atoms with E-state index in [2.05, 4.69) is 20.8 Å². The Morgan fingerprint density at radius 1 is 1.24 bits per heavy atom. The van der Waals surface area contributed by atoms with Crippen molar-refractivity contribution in [2.75, 3.05) is 13.2 Å². The van der Waals surface area contributed by atoms with Crippen molar-refractivity contribution in [3.63, 3.8) is 0 Å². The second-order valence-electron chi connectivity index (χ2n) is 8.44. The van der Waals surface area contributed by atoms with Crippen LogP contribution in [-0.4, -0.2) is 36.0 Å². The molecule has 1 amide bonds. The van der Waals surface area contributed by atoms with Gasteiger partial charge in [0.25, 0.3) is 5.91 Å². The van der Waals surface area contributed by atoms with E-state index in [1.54, 1.807) is 6.07 Å². The number of halogens is 2. The number of benzene rings is 1. The van der Waals surface area contributed by atoms with Gasteiger partial charge in [-0.15, -0.1) is 0 Å². The zero-order valence-electron chi connectivity index (χ0n) is 14.8. The molecular weight excluding hydrogens is 361 g/mol. The van der Waals surface area contributed by atoms with Gasteiger partial charge in [-0.1, -0.05) is 44.0 Å². The average molecular weight is 384 g/mol. The predicted molar refractivity (Wildman–Crippen MR) is 98.0 cm³/mol. The van der Waals surface area contributed by atoms with Gasteiger partial charge < -0.3 is 9.64 Å². The summed E-state index contributed by atoms with van der Waals surface area (Å²) in [5.74, 6) is -0.742. The first-order valence-corrected chi connectivity index (χ1v) is 9.26. The monoisotopic (exact) mass is 383 g/mol. The second-order valence-corrected chi connectivity index (χ2v) is 9.28. The lowest BCUT2D eigenvalue weighted by atomic mass is 9.65. The maximum Gasteiger partial charge on any atom is 0.340 e. The highest BCUT2D eigenvalue weighted by Crippen LogP contribution is 2.52. The van der Waals surface area contributed by atoms with Crippen LogP contribution in [0.4, 0.5) is 0 Å². The topological polar surface area (TPSA) is 46.6 Å². The molecule has 1 saturated carbocycles. The van der Waals surface area contributed by atoms with E-state index in [-0.39, 0.29) is 40.0 Å². The van der Waals surface area contributed by atoms with E-state index in [1.807, 2.05) is 4.90 Å². The Balaban J connectivity index is 1.62. The van der Waals surface area contributed by atoms with Crippen LogP contribution in [0.2, 0.25) is 10.0 Å². The molecule has 1 aliphatic carbocycles. The van der Waals surface area contributed by atoms with Crippen LogP contribution >= 0.6 is 23.2 Å². The molecule has 0 unspecified atom stereocenters. The Bertz CT molecular complexity index is 719. The number of amides is 1. The quantitative estimate of drug-likeness (QED) is 0.717. The van der Waals surface area contributed by atoms with E-state index < -0.39 is 5.97 Å². The highest BCUT2D eigenvalue weighted by molar-refractivity contribution is 6.36. The Morgan fingerprint density at radius 2 is 1.96 bits per heavy atom. The van der Waals surface area contributed by atoms with E-state index in [4.69, 9.17) is 27.9 Å². The summed E-state index contributed by atoms with van der Waals surface area (Å²) in [6.07, 6.45) is 3.13. The summed E-state index contributed by atoms with van der Waals surface area (Å²) < 4.78 is 5.20. The number of hydrogen-bond donors (Lipinski definition) is 0. The van der Waals surface area contributed by atoms with Crippen molar-refractivity contribution in [1.29, 1.82) is 0 Å². The molecule has 0 radical (unpaired) electrons. The van der Waals surface area contributed by atoms with Crippen LogP contribution in [-0.2, 0) is 9.53 Å². The van der Waals surface area contributed by atoms with Crippen LogP contribution < -0.4 is 0 Å². The van der Waals surface area contributed by atoms with Crippen molar-refractivity contribution in [3.8, 4) is 0 Å². The zero-order chi connectivity index (χ0) is 18.4. The minimum atomic E-state index is -0.608. The molecule has 0 spiro atoms. The standard InChI is InChI=1S/C19H23Cl2NO3/c1-18(2)7-13-8-19(3,10-18)11-22(13)16(23)9-25-17(24)14-5-4-12(20)6-15(14)21/h4-6,13H,7-11H2,1-3H3/t13-,19-/m0/s1. The van der Waals surface area contributed by atoms with Gasteiger partial charge in [-0.3, -0.25) is 4.79 Å². The number of ether oxygens (including phenoxy) is 1. The van der Waals surface area contributed by atoms with Crippen LogP contribution in [0.25, 0.3) is 0 Å². The first-order valence-electron chi connectivity index (χ1n) is 8.50. The molecule has 6 heteroatoms. The number of esters is 1. The highest BCUT2D eigenvalue weighted by Gasteiger charge is 2.50. The lowest BCUT2D eigenvalue weighted by Gasteiger charge is -2.39. The maximum atomic E-state index is 12.6. The zero-order valence-corrected chi connectivity index (χ0v) is 16.3. The molecule has 1 aromatic carbocycles. The summed E-state index contributed by atoms with van der Waals surface area (Å²) in [6, 6.07) is 4.79. The van der Waals surface area contributed by atoms with Gasteiger partial charge in [-0.05, 0) is 48.3 Å². The van der Waals surface area contributed by atoms with E-state index in [9.17, 15) is 9.59 Å². The van der Waals surface area contributed by atoms with Crippen molar-refractivity contribution in [2.45, 2.75) is 46.1 Å². The Kier molecular flexibility index (Phi) is 4.80. The summed E-state index contributed by atoms with van der Waals surface area (Å²) >= 11 is 11.8. The van der Waals surface area contributed by atoms with Gasteiger partial charge in [0, 0.05) is 17.6 Å². The molecule has 1 heterocycles. The van der Waals surface area contributed by atoms with Crippen molar-refractivity contribution < 1.29 is 14.3 Å². The number of likely N-dealkylation sites (tertiary alicyclic amines) is 1. The molecule has 2 atom stereocenters. The minimum absolute atomic E-state index is 0.134. The molecule has 2 aliphatic rings. The summed E-state index contributed by atoms with van der Waals surface area (Å²) in [7, 11) is 0. The van der Waals surface area contributed by atoms with Crippen molar-refractivity contribution in [1.82, 2.24) is 4.90 Å². The first kappa shape index (κ1) is 18.5. The molecule has 25 heavy (non-hydrogen) atoms. The molecule has 0 aromatic heterocycles. The van der Waals surface area contributed by atoms with E-state index in [0.717, 1.165) is 25.8 Å². The van der Waals surface area contributed by atoms with Crippen molar-refractivity contribution in [2.24, 2.45) is 10.8 Å². The number of carbonyl (C=O) groups is 2. The maximum absolute atomic E-state index is 12.6. The molecular formula is C19H23Cl2NO3. The Hall–Kier alpha value is -1.26. The summed E-state index contributed by atoms with van der Waals surface area (Å²) in [5.41, 5.74) is 0.610. The fraction of sp³-hybridized carbons (Fsp3) is 0.579. The molecule has 2 fully saturated rings. The summed E-state index contributed by atoms with van der Waals surface area (Å²) in [6.45, 7) is 7.24. The third kappa shape index (κ3) is 3.95. The molecule has 136 valence electrons. The number of hydrogen-bond acceptors (Lipinski definition) is 3. The summed E-state index contributed by atoms with van der Waals surface area (Å²) in [5, 5.41) is 0.661. The second kappa shape index (κ2) is 6.48. The van der Waals surface area contributed by atoms with Gasteiger partial charge in [0.15, 0.2) is 6.61 Å². The fourth-order valence-electron chi connectivity index (χ4n) is 4.69.